The first-order valence-corrected chi connectivity index (χ1v) is 9.98. The molecule has 160 valence electrons. The molecule has 1 fully saturated rings. The topological polar surface area (TPSA) is 93.9 Å². The second-order valence-corrected chi connectivity index (χ2v) is 7.68. The number of hydrogen-bond acceptors (Lipinski definition) is 6. The molecule has 0 radical (unpaired) electrons. The maximum absolute atomic E-state index is 13.2. The van der Waals surface area contributed by atoms with E-state index in [2.05, 4.69) is 17.1 Å². The molecular formula is C21H24ClN3O5. The molecule has 0 spiro atoms. The van der Waals surface area contributed by atoms with Crippen molar-refractivity contribution in [1.82, 2.24) is 0 Å². The van der Waals surface area contributed by atoms with Crippen LogP contribution in [-0.2, 0) is 0 Å². The third-order valence-electron chi connectivity index (χ3n) is 5.28. The number of methoxy groups -OCH3 is 2. The maximum atomic E-state index is 13.2. The van der Waals surface area contributed by atoms with Crippen molar-refractivity contribution in [3.63, 3.8) is 0 Å². The number of piperidine rings is 1. The number of halogens is 1. The number of carbonyl (C=O) groups is 1. The summed E-state index contributed by atoms with van der Waals surface area (Å²) in [5.74, 6) is 0.863. The second-order valence-electron chi connectivity index (χ2n) is 7.27. The highest BCUT2D eigenvalue weighted by molar-refractivity contribution is 6.32. The normalized spacial score (nSPS) is 14.3. The summed E-state index contributed by atoms with van der Waals surface area (Å²) in [7, 11) is 2.93. The van der Waals surface area contributed by atoms with E-state index in [1.54, 1.807) is 12.1 Å². The van der Waals surface area contributed by atoms with Gasteiger partial charge in [-0.15, -0.1) is 0 Å². The molecule has 1 aliphatic heterocycles. The Labute approximate surface area is 179 Å². The Balaban J connectivity index is 1.98. The standard InChI is InChI=1S/C21H24ClN3O5/c1-13-6-8-24(9-7-13)18-5-4-14(25(27)28)10-15(18)21(26)23-17-12-19(29-2)16(22)11-20(17)30-3/h4-5,10-13H,6-9H2,1-3H3,(H,23,26). The molecule has 0 aliphatic carbocycles. The van der Waals surface area contributed by atoms with Crippen molar-refractivity contribution in [1.29, 1.82) is 0 Å². The molecule has 0 atom stereocenters. The molecule has 30 heavy (non-hydrogen) atoms. The van der Waals surface area contributed by atoms with E-state index in [0.717, 1.165) is 25.9 Å². The SMILES string of the molecule is COc1cc(NC(=O)c2cc([N+](=O)[O-])ccc2N2CCC(C)CC2)c(OC)cc1Cl. The van der Waals surface area contributed by atoms with Gasteiger partial charge in [0.2, 0.25) is 0 Å². The number of carbonyl (C=O) groups excluding carboxylic acids is 1. The van der Waals surface area contributed by atoms with Crippen LogP contribution in [0.25, 0.3) is 0 Å². The van der Waals surface area contributed by atoms with Crippen LogP contribution in [0.1, 0.15) is 30.1 Å². The molecule has 1 N–H and O–H groups in total. The highest BCUT2D eigenvalue weighted by atomic mass is 35.5. The monoisotopic (exact) mass is 433 g/mol. The van der Waals surface area contributed by atoms with Gasteiger partial charge in [-0.25, -0.2) is 0 Å². The minimum absolute atomic E-state index is 0.144. The summed E-state index contributed by atoms with van der Waals surface area (Å²) in [6.07, 6.45) is 2.00. The predicted molar refractivity (Wildman–Crippen MR) is 116 cm³/mol. The third-order valence-corrected chi connectivity index (χ3v) is 5.58. The van der Waals surface area contributed by atoms with Crippen LogP contribution < -0.4 is 19.7 Å². The third kappa shape index (κ3) is 4.59. The molecule has 1 saturated heterocycles. The Morgan fingerprint density at radius 2 is 1.83 bits per heavy atom. The zero-order chi connectivity index (χ0) is 21.8. The van der Waals surface area contributed by atoms with Crippen molar-refractivity contribution in [3.05, 3.63) is 51.0 Å². The van der Waals surface area contributed by atoms with Crippen molar-refractivity contribution in [2.45, 2.75) is 19.8 Å². The van der Waals surface area contributed by atoms with Crippen molar-refractivity contribution >= 4 is 34.6 Å². The second kappa shape index (κ2) is 9.21. The van der Waals surface area contributed by atoms with Crippen LogP contribution in [0.3, 0.4) is 0 Å². The Hall–Kier alpha value is -3.00. The summed E-state index contributed by atoms with van der Waals surface area (Å²) in [5.41, 5.74) is 1.11. The molecule has 2 aromatic carbocycles. The largest absolute Gasteiger partial charge is 0.495 e. The van der Waals surface area contributed by atoms with E-state index in [1.165, 1.54) is 32.4 Å². The van der Waals surface area contributed by atoms with Gasteiger partial charge >= 0.3 is 0 Å². The number of nitrogens with one attached hydrogen (secondary N) is 1. The number of non-ortho nitro benzene ring substituents is 1. The average Bonchev–Trinajstić information content (AvgIpc) is 2.74. The van der Waals surface area contributed by atoms with Crippen LogP contribution in [-0.4, -0.2) is 38.1 Å². The fourth-order valence-electron chi connectivity index (χ4n) is 3.49. The van der Waals surface area contributed by atoms with Crippen LogP contribution in [0.4, 0.5) is 17.1 Å². The van der Waals surface area contributed by atoms with E-state index < -0.39 is 10.8 Å². The zero-order valence-electron chi connectivity index (χ0n) is 17.1. The average molecular weight is 434 g/mol. The lowest BCUT2D eigenvalue weighted by Gasteiger charge is -2.33. The van der Waals surface area contributed by atoms with E-state index >= 15 is 0 Å². The van der Waals surface area contributed by atoms with Gasteiger partial charge in [0.25, 0.3) is 11.6 Å². The van der Waals surface area contributed by atoms with E-state index in [-0.39, 0.29) is 11.3 Å². The Kier molecular flexibility index (Phi) is 6.66. The van der Waals surface area contributed by atoms with Gasteiger partial charge in [0.05, 0.1) is 41.1 Å². The molecule has 8 nitrogen and oxygen atoms in total. The molecule has 0 bridgehead atoms. The molecular weight excluding hydrogens is 410 g/mol. The molecule has 0 unspecified atom stereocenters. The minimum Gasteiger partial charge on any atom is -0.495 e. The molecule has 2 aromatic rings. The van der Waals surface area contributed by atoms with E-state index in [4.69, 9.17) is 21.1 Å². The lowest BCUT2D eigenvalue weighted by Crippen LogP contribution is -2.34. The van der Waals surface area contributed by atoms with Gasteiger partial charge in [-0.2, -0.15) is 0 Å². The molecule has 0 aromatic heterocycles. The van der Waals surface area contributed by atoms with Gasteiger partial charge in [-0.05, 0) is 24.8 Å². The van der Waals surface area contributed by atoms with Crippen molar-refractivity contribution in [3.8, 4) is 11.5 Å². The van der Waals surface area contributed by atoms with Crippen LogP contribution in [0.5, 0.6) is 11.5 Å². The van der Waals surface area contributed by atoms with Crippen LogP contribution in [0.2, 0.25) is 5.02 Å². The summed E-state index contributed by atoms with van der Waals surface area (Å²) in [6.45, 7) is 3.77. The smallest absolute Gasteiger partial charge is 0.270 e. The van der Waals surface area contributed by atoms with Crippen LogP contribution in [0, 0.1) is 16.0 Å². The number of ether oxygens (including phenoxy) is 2. The molecule has 1 aliphatic rings. The van der Waals surface area contributed by atoms with Crippen molar-refractivity contribution < 1.29 is 19.2 Å². The number of anilines is 2. The molecule has 1 amide bonds. The predicted octanol–water partition coefficient (Wildman–Crippen LogP) is 4.75. The summed E-state index contributed by atoms with van der Waals surface area (Å²) in [6, 6.07) is 7.47. The first-order chi connectivity index (χ1) is 14.3. The van der Waals surface area contributed by atoms with E-state index in [0.29, 0.717) is 33.8 Å². The molecule has 0 saturated carbocycles. The summed E-state index contributed by atoms with van der Waals surface area (Å²) in [5, 5.41) is 14.4. The van der Waals surface area contributed by atoms with Crippen molar-refractivity contribution in [2.75, 3.05) is 37.5 Å². The number of nitro groups is 1. The highest BCUT2D eigenvalue weighted by Crippen LogP contribution is 2.37. The van der Waals surface area contributed by atoms with E-state index in [9.17, 15) is 14.9 Å². The van der Waals surface area contributed by atoms with Crippen molar-refractivity contribution in [2.24, 2.45) is 5.92 Å². The number of benzene rings is 2. The maximum Gasteiger partial charge on any atom is 0.270 e. The molecule has 3 rings (SSSR count). The Morgan fingerprint density at radius 1 is 1.17 bits per heavy atom. The molecule has 1 heterocycles. The van der Waals surface area contributed by atoms with Crippen LogP contribution in [0.15, 0.2) is 30.3 Å². The first-order valence-electron chi connectivity index (χ1n) is 9.60. The van der Waals surface area contributed by atoms with Gasteiger partial charge in [-0.3, -0.25) is 14.9 Å². The van der Waals surface area contributed by atoms with Gasteiger partial charge in [0.1, 0.15) is 11.5 Å². The number of amides is 1. The summed E-state index contributed by atoms with van der Waals surface area (Å²) < 4.78 is 10.5. The Morgan fingerprint density at radius 3 is 2.43 bits per heavy atom. The fourth-order valence-corrected chi connectivity index (χ4v) is 3.72. The zero-order valence-corrected chi connectivity index (χ0v) is 17.9. The number of hydrogen-bond donors (Lipinski definition) is 1. The first kappa shape index (κ1) is 21.7. The van der Waals surface area contributed by atoms with Gasteiger partial charge in [0.15, 0.2) is 0 Å². The summed E-state index contributed by atoms with van der Waals surface area (Å²) in [4.78, 5) is 26.1. The van der Waals surface area contributed by atoms with Gasteiger partial charge < -0.3 is 19.7 Å². The number of nitrogens with zero attached hydrogens (tertiary/aromatic N) is 2. The van der Waals surface area contributed by atoms with Gasteiger partial charge in [0, 0.05) is 37.4 Å². The lowest BCUT2D eigenvalue weighted by atomic mass is 9.98. The highest BCUT2D eigenvalue weighted by Gasteiger charge is 2.24. The molecule has 9 heteroatoms. The quantitative estimate of drug-likeness (QED) is 0.521. The van der Waals surface area contributed by atoms with Crippen LogP contribution >= 0.6 is 11.6 Å². The number of nitro benzene ring substituents is 1. The van der Waals surface area contributed by atoms with E-state index in [1.807, 2.05) is 0 Å². The fraction of sp³-hybridized carbons (Fsp3) is 0.381. The minimum atomic E-state index is -0.509. The lowest BCUT2D eigenvalue weighted by molar-refractivity contribution is -0.384. The van der Waals surface area contributed by atoms with Gasteiger partial charge in [-0.1, -0.05) is 18.5 Å². The Bertz CT molecular complexity index is 958. The summed E-state index contributed by atoms with van der Waals surface area (Å²) >= 11 is 6.13. The number of rotatable bonds is 6.